The van der Waals surface area contributed by atoms with Crippen molar-refractivity contribution in [2.24, 2.45) is 22.7 Å². The summed E-state index contributed by atoms with van der Waals surface area (Å²) in [7, 11) is 0. The molecule has 0 radical (unpaired) electrons. The summed E-state index contributed by atoms with van der Waals surface area (Å²) >= 11 is 0. The third kappa shape index (κ3) is 3.38. The van der Waals surface area contributed by atoms with E-state index in [0.717, 1.165) is 38.5 Å². The standard InChI is InChI=1S/C20H36O3/c1-6-18(3,22)12-8-16-19(4)11-7-10-17(2,14-21)15(19)9-13-20(16,5)23/h6,15-16,21-23H,1,7-14H2,2-5H3/t15-,16-,17+,18-,19+,20-/m1/s1. The van der Waals surface area contributed by atoms with Crippen LogP contribution in [0.5, 0.6) is 0 Å². The van der Waals surface area contributed by atoms with Gasteiger partial charge in [-0.05, 0) is 75.0 Å². The van der Waals surface area contributed by atoms with Crippen molar-refractivity contribution < 1.29 is 15.3 Å². The largest absolute Gasteiger partial charge is 0.396 e. The molecule has 0 bridgehead atoms. The average molecular weight is 325 g/mol. The molecule has 2 aliphatic carbocycles. The summed E-state index contributed by atoms with van der Waals surface area (Å²) in [5.41, 5.74) is -1.60. The maximum atomic E-state index is 11.1. The summed E-state index contributed by atoms with van der Waals surface area (Å²) < 4.78 is 0. The molecule has 0 saturated heterocycles. The predicted octanol–water partition coefficient (Wildman–Crippen LogP) is 3.67. The molecule has 6 atom stereocenters. The van der Waals surface area contributed by atoms with E-state index in [0.29, 0.717) is 12.3 Å². The van der Waals surface area contributed by atoms with Crippen molar-refractivity contribution in [2.45, 2.75) is 83.8 Å². The summed E-state index contributed by atoms with van der Waals surface area (Å²) in [5, 5.41) is 31.4. The van der Waals surface area contributed by atoms with Crippen LogP contribution in [0.1, 0.15) is 72.6 Å². The second-order valence-electron chi connectivity index (χ2n) is 9.27. The van der Waals surface area contributed by atoms with E-state index in [9.17, 15) is 15.3 Å². The lowest BCUT2D eigenvalue weighted by Gasteiger charge is -2.61. The van der Waals surface area contributed by atoms with Gasteiger partial charge in [0.15, 0.2) is 0 Å². The van der Waals surface area contributed by atoms with Crippen LogP contribution < -0.4 is 0 Å². The predicted molar refractivity (Wildman–Crippen MR) is 94.0 cm³/mol. The number of aliphatic hydroxyl groups excluding tert-OH is 1. The first-order valence-electron chi connectivity index (χ1n) is 9.20. The molecule has 3 nitrogen and oxygen atoms in total. The molecule has 2 aliphatic rings. The van der Waals surface area contributed by atoms with E-state index in [1.165, 1.54) is 0 Å². The molecule has 134 valence electrons. The van der Waals surface area contributed by atoms with Gasteiger partial charge in [0.2, 0.25) is 0 Å². The fraction of sp³-hybridized carbons (Fsp3) is 0.900. The zero-order valence-corrected chi connectivity index (χ0v) is 15.4. The van der Waals surface area contributed by atoms with Crippen LogP contribution in [0.15, 0.2) is 12.7 Å². The number of fused-ring (bicyclic) bond motifs is 1. The Bertz CT molecular complexity index is 442. The quantitative estimate of drug-likeness (QED) is 0.676. The first kappa shape index (κ1) is 19.0. The van der Waals surface area contributed by atoms with Crippen LogP contribution >= 0.6 is 0 Å². The first-order chi connectivity index (χ1) is 10.5. The minimum Gasteiger partial charge on any atom is -0.396 e. The molecule has 3 heteroatoms. The van der Waals surface area contributed by atoms with Crippen LogP contribution in [0.2, 0.25) is 0 Å². The third-order valence-corrected chi connectivity index (χ3v) is 7.33. The van der Waals surface area contributed by atoms with E-state index < -0.39 is 11.2 Å². The SMILES string of the molecule is C=C[C@@](C)(O)CC[C@@H]1[C@@]2(C)CCC[C@@](C)(CO)[C@H]2CC[C@@]1(C)O. The molecule has 0 spiro atoms. The van der Waals surface area contributed by atoms with Gasteiger partial charge in [-0.25, -0.2) is 0 Å². The third-order valence-electron chi connectivity index (χ3n) is 7.33. The van der Waals surface area contributed by atoms with Crippen LogP contribution in [0.4, 0.5) is 0 Å². The Kier molecular flexibility index (Phi) is 5.08. The Morgan fingerprint density at radius 2 is 1.87 bits per heavy atom. The highest BCUT2D eigenvalue weighted by molar-refractivity contribution is 5.09. The van der Waals surface area contributed by atoms with Gasteiger partial charge in [0.25, 0.3) is 0 Å². The van der Waals surface area contributed by atoms with Crippen molar-refractivity contribution in [1.82, 2.24) is 0 Å². The van der Waals surface area contributed by atoms with Crippen LogP contribution in [0, 0.1) is 22.7 Å². The van der Waals surface area contributed by atoms with Gasteiger partial charge >= 0.3 is 0 Å². The van der Waals surface area contributed by atoms with E-state index in [-0.39, 0.29) is 23.4 Å². The topological polar surface area (TPSA) is 60.7 Å². The normalized spacial score (nSPS) is 46.7. The Morgan fingerprint density at radius 3 is 2.43 bits per heavy atom. The lowest BCUT2D eigenvalue weighted by atomic mass is 9.45. The van der Waals surface area contributed by atoms with Crippen molar-refractivity contribution in [1.29, 1.82) is 0 Å². The van der Waals surface area contributed by atoms with Crippen LogP contribution in [0.25, 0.3) is 0 Å². The van der Waals surface area contributed by atoms with Crippen molar-refractivity contribution in [2.75, 3.05) is 6.61 Å². The van der Waals surface area contributed by atoms with Gasteiger partial charge in [-0.3, -0.25) is 0 Å². The summed E-state index contributed by atoms with van der Waals surface area (Å²) in [5.74, 6) is 0.582. The van der Waals surface area contributed by atoms with Crippen molar-refractivity contribution in [3.8, 4) is 0 Å². The fourth-order valence-electron chi connectivity index (χ4n) is 5.80. The Balaban J connectivity index is 2.30. The Hall–Kier alpha value is -0.380. The van der Waals surface area contributed by atoms with Gasteiger partial charge in [-0.2, -0.15) is 0 Å². The summed E-state index contributed by atoms with van der Waals surface area (Å²) in [6, 6.07) is 0. The maximum absolute atomic E-state index is 11.1. The first-order valence-corrected chi connectivity index (χ1v) is 9.20. The molecule has 2 fully saturated rings. The zero-order valence-electron chi connectivity index (χ0n) is 15.4. The van der Waals surface area contributed by atoms with E-state index in [1.54, 1.807) is 13.0 Å². The summed E-state index contributed by atoms with van der Waals surface area (Å²) in [6.45, 7) is 12.2. The highest BCUT2D eigenvalue weighted by Gasteiger charge is 2.58. The van der Waals surface area contributed by atoms with Crippen molar-refractivity contribution in [3.63, 3.8) is 0 Å². The van der Waals surface area contributed by atoms with E-state index >= 15 is 0 Å². The van der Waals surface area contributed by atoms with Gasteiger partial charge in [-0.15, -0.1) is 6.58 Å². The number of hydrogen-bond donors (Lipinski definition) is 3. The highest BCUT2D eigenvalue weighted by Crippen LogP contribution is 2.63. The molecule has 2 rings (SSSR count). The molecule has 0 unspecified atom stereocenters. The number of aliphatic hydroxyl groups is 3. The zero-order chi connectivity index (χ0) is 17.5. The van der Waals surface area contributed by atoms with Crippen LogP contribution in [-0.2, 0) is 0 Å². The molecule has 2 saturated carbocycles. The maximum Gasteiger partial charge on any atom is 0.0797 e. The van der Waals surface area contributed by atoms with Crippen LogP contribution in [-0.4, -0.2) is 33.1 Å². The Labute approximate surface area is 141 Å². The van der Waals surface area contributed by atoms with Gasteiger partial charge in [0.1, 0.15) is 0 Å². The van der Waals surface area contributed by atoms with Crippen LogP contribution in [0.3, 0.4) is 0 Å². The molecule has 0 aromatic rings. The lowest BCUT2D eigenvalue weighted by molar-refractivity contribution is -0.182. The molecule has 0 aliphatic heterocycles. The molecule has 3 N–H and O–H groups in total. The minimum absolute atomic E-state index is 0.0225. The molecular formula is C20H36O3. The number of hydrogen-bond acceptors (Lipinski definition) is 3. The van der Waals surface area contributed by atoms with Gasteiger partial charge < -0.3 is 15.3 Å². The lowest BCUT2D eigenvalue weighted by Crippen LogP contribution is -2.59. The van der Waals surface area contributed by atoms with Gasteiger partial charge in [-0.1, -0.05) is 26.3 Å². The number of rotatable bonds is 5. The highest BCUT2D eigenvalue weighted by atomic mass is 16.3. The smallest absolute Gasteiger partial charge is 0.0797 e. The summed E-state index contributed by atoms with van der Waals surface area (Å²) in [6.07, 6.45) is 8.06. The van der Waals surface area contributed by atoms with E-state index in [1.807, 2.05) is 6.92 Å². The van der Waals surface area contributed by atoms with Crippen molar-refractivity contribution >= 4 is 0 Å². The van der Waals surface area contributed by atoms with Gasteiger partial charge in [0.05, 0.1) is 11.2 Å². The second kappa shape index (κ2) is 6.16. The van der Waals surface area contributed by atoms with Crippen molar-refractivity contribution in [3.05, 3.63) is 12.7 Å². The minimum atomic E-state index is -0.881. The van der Waals surface area contributed by atoms with E-state index in [4.69, 9.17) is 0 Å². The molecule has 0 aromatic carbocycles. The second-order valence-corrected chi connectivity index (χ2v) is 9.27. The monoisotopic (exact) mass is 324 g/mol. The average Bonchev–Trinajstić information content (AvgIpc) is 2.45. The summed E-state index contributed by atoms with van der Waals surface area (Å²) in [4.78, 5) is 0. The molecule has 0 heterocycles. The Morgan fingerprint density at radius 1 is 1.22 bits per heavy atom. The molecule has 0 aromatic heterocycles. The van der Waals surface area contributed by atoms with Gasteiger partial charge in [0, 0.05) is 6.61 Å². The van der Waals surface area contributed by atoms with E-state index in [2.05, 4.69) is 20.4 Å². The molecule has 0 amide bonds. The fourth-order valence-corrected chi connectivity index (χ4v) is 5.80. The molecule has 23 heavy (non-hydrogen) atoms. The molecular weight excluding hydrogens is 288 g/mol.